The molecular formula is C13H11N3O7. The molecule has 0 saturated heterocycles. The van der Waals surface area contributed by atoms with Crippen LogP contribution in [0.5, 0.6) is 0 Å². The molecule has 0 radical (unpaired) electrons. The number of carbonyl (C=O) groups is 1. The summed E-state index contributed by atoms with van der Waals surface area (Å²) in [6, 6.07) is 5.32. The molecule has 0 aliphatic heterocycles. The normalized spacial score (nSPS) is 10.3. The maximum absolute atomic E-state index is 12.2. The first-order chi connectivity index (χ1) is 10.8. The van der Waals surface area contributed by atoms with Gasteiger partial charge < -0.3 is 9.99 Å². The number of aromatic carboxylic acids is 1. The molecule has 2 aromatic rings. The Morgan fingerprint density at radius 3 is 2.48 bits per heavy atom. The number of rotatable bonds is 6. The highest BCUT2D eigenvalue weighted by atomic mass is 17.1. The Balaban J connectivity index is 2.44. The Morgan fingerprint density at radius 2 is 2.00 bits per heavy atom. The Morgan fingerprint density at radius 1 is 1.39 bits per heavy atom. The fourth-order valence-corrected chi connectivity index (χ4v) is 1.97. The van der Waals surface area contributed by atoms with Gasteiger partial charge in [-0.15, -0.1) is 0 Å². The topological polar surface area (TPSA) is 148 Å². The summed E-state index contributed by atoms with van der Waals surface area (Å²) in [4.78, 5) is 37.3. The number of carboxylic acid groups (broad SMARTS) is 1. The highest BCUT2D eigenvalue weighted by Crippen LogP contribution is 2.16. The van der Waals surface area contributed by atoms with E-state index in [-0.39, 0.29) is 17.7 Å². The van der Waals surface area contributed by atoms with Crippen molar-refractivity contribution < 1.29 is 25.0 Å². The standard InChI is InChI=1S/C13H11N3O7/c1-7(23-22)15-12(17)10(11(14-15)13(18)19)6-8-2-4-9(5-3-8)16(20)21/h2-5,14,22H,1,6H2,(H,18,19). The van der Waals surface area contributed by atoms with Crippen LogP contribution in [0.2, 0.25) is 0 Å². The average molecular weight is 321 g/mol. The number of hydrogen-bond donors (Lipinski definition) is 3. The molecule has 10 heteroatoms. The number of nitrogens with zero attached hydrogens (tertiary/aromatic N) is 2. The molecule has 0 unspecified atom stereocenters. The van der Waals surface area contributed by atoms with Gasteiger partial charge in [0, 0.05) is 18.6 Å². The van der Waals surface area contributed by atoms with Gasteiger partial charge in [0.1, 0.15) is 5.69 Å². The van der Waals surface area contributed by atoms with Gasteiger partial charge in [0.15, 0.2) is 0 Å². The molecule has 0 bridgehead atoms. The molecule has 2 rings (SSSR count). The second-order valence-corrected chi connectivity index (χ2v) is 4.50. The lowest BCUT2D eigenvalue weighted by molar-refractivity contribution is -0.384. The van der Waals surface area contributed by atoms with Crippen molar-refractivity contribution in [2.24, 2.45) is 0 Å². The van der Waals surface area contributed by atoms with Gasteiger partial charge in [-0.25, -0.2) is 10.1 Å². The number of hydrogen-bond acceptors (Lipinski definition) is 6. The van der Waals surface area contributed by atoms with E-state index in [1.54, 1.807) is 0 Å². The first kappa shape index (κ1) is 16.0. The van der Waals surface area contributed by atoms with Crippen molar-refractivity contribution in [3.05, 3.63) is 68.1 Å². The molecule has 10 nitrogen and oxygen atoms in total. The third kappa shape index (κ3) is 3.11. The van der Waals surface area contributed by atoms with E-state index in [1.807, 2.05) is 0 Å². The Hall–Kier alpha value is -3.40. The van der Waals surface area contributed by atoms with E-state index >= 15 is 0 Å². The Kier molecular flexibility index (Phi) is 4.27. The lowest BCUT2D eigenvalue weighted by atomic mass is 10.1. The van der Waals surface area contributed by atoms with Crippen molar-refractivity contribution in [2.45, 2.75) is 6.42 Å². The van der Waals surface area contributed by atoms with Gasteiger partial charge in [0.2, 0.25) is 0 Å². The van der Waals surface area contributed by atoms with Crippen LogP contribution >= 0.6 is 0 Å². The summed E-state index contributed by atoms with van der Waals surface area (Å²) >= 11 is 0. The summed E-state index contributed by atoms with van der Waals surface area (Å²) in [6.07, 6.45) is -0.0827. The number of aromatic nitrogens is 2. The summed E-state index contributed by atoms with van der Waals surface area (Å²) in [5, 5.41) is 30.5. The minimum Gasteiger partial charge on any atom is -0.477 e. The lowest BCUT2D eigenvalue weighted by Crippen LogP contribution is -2.19. The summed E-state index contributed by atoms with van der Waals surface area (Å²) in [6.45, 7) is 3.25. The van der Waals surface area contributed by atoms with Gasteiger partial charge >= 0.3 is 5.97 Å². The molecule has 1 aromatic heterocycles. The predicted molar refractivity (Wildman–Crippen MR) is 77.0 cm³/mol. The van der Waals surface area contributed by atoms with Crippen molar-refractivity contribution in [2.75, 3.05) is 0 Å². The lowest BCUT2D eigenvalue weighted by Gasteiger charge is -2.00. The van der Waals surface area contributed by atoms with E-state index in [0.29, 0.717) is 10.2 Å². The molecule has 0 aliphatic carbocycles. The number of nitrogens with one attached hydrogen (secondary N) is 1. The molecule has 0 aliphatic rings. The van der Waals surface area contributed by atoms with E-state index in [9.17, 15) is 19.7 Å². The maximum Gasteiger partial charge on any atom is 0.354 e. The van der Waals surface area contributed by atoms with Crippen molar-refractivity contribution in [1.29, 1.82) is 0 Å². The van der Waals surface area contributed by atoms with Crippen molar-refractivity contribution >= 4 is 17.5 Å². The first-order valence-electron chi connectivity index (χ1n) is 6.16. The molecular weight excluding hydrogens is 310 g/mol. The third-order valence-corrected chi connectivity index (χ3v) is 3.08. The predicted octanol–water partition coefficient (Wildman–Crippen LogP) is 1.29. The molecule has 3 N–H and O–H groups in total. The summed E-state index contributed by atoms with van der Waals surface area (Å²) in [7, 11) is 0. The van der Waals surface area contributed by atoms with Crippen LogP contribution < -0.4 is 5.56 Å². The molecule has 1 heterocycles. The van der Waals surface area contributed by atoms with E-state index < -0.39 is 28.0 Å². The minimum absolute atomic E-state index is 0.0827. The van der Waals surface area contributed by atoms with Crippen LogP contribution in [0.3, 0.4) is 0 Å². The zero-order valence-electron chi connectivity index (χ0n) is 11.6. The van der Waals surface area contributed by atoms with Crippen molar-refractivity contribution in [3.8, 4) is 0 Å². The van der Waals surface area contributed by atoms with Crippen LogP contribution in [0.25, 0.3) is 5.88 Å². The number of nitro groups is 1. The Bertz CT molecular complexity index is 832. The highest BCUT2D eigenvalue weighted by Gasteiger charge is 2.21. The number of aromatic amines is 1. The fourth-order valence-electron chi connectivity index (χ4n) is 1.97. The summed E-state index contributed by atoms with van der Waals surface area (Å²) < 4.78 is 0.643. The quantitative estimate of drug-likeness (QED) is 0.314. The molecule has 0 saturated carbocycles. The van der Waals surface area contributed by atoms with Gasteiger partial charge in [-0.2, -0.15) is 4.68 Å². The maximum atomic E-state index is 12.2. The number of nitro benzene ring substituents is 1. The van der Waals surface area contributed by atoms with Crippen LogP contribution in [-0.4, -0.2) is 31.0 Å². The summed E-state index contributed by atoms with van der Waals surface area (Å²) in [5.41, 5.74) is -0.895. The van der Waals surface area contributed by atoms with Crippen molar-refractivity contribution in [1.82, 2.24) is 9.78 Å². The number of non-ortho nitro benzene ring substituents is 1. The molecule has 120 valence electrons. The third-order valence-electron chi connectivity index (χ3n) is 3.08. The molecule has 23 heavy (non-hydrogen) atoms. The second kappa shape index (κ2) is 6.15. The van der Waals surface area contributed by atoms with Crippen LogP contribution in [-0.2, 0) is 11.3 Å². The molecule has 0 amide bonds. The van der Waals surface area contributed by atoms with E-state index in [4.69, 9.17) is 10.4 Å². The fraction of sp³-hybridized carbons (Fsp3) is 0.0769. The van der Waals surface area contributed by atoms with Crippen LogP contribution in [0.1, 0.15) is 21.6 Å². The monoisotopic (exact) mass is 321 g/mol. The van der Waals surface area contributed by atoms with Gasteiger partial charge in [-0.05, 0) is 12.1 Å². The van der Waals surface area contributed by atoms with Gasteiger partial charge in [-0.1, -0.05) is 12.1 Å². The molecule has 1 aromatic carbocycles. The molecule has 0 atom stereocenters. The largest absolute Gasteiger partial charge is 0.477 e. The van der Waals surface area contributed by atoms with Crippen LogP contribution in [0.15, 0.2) is 35.6 Å². The SMILES string of the molecule is C=C(OO)n1[nH]c(C(=O)O)c(Cc2ccc([N+](=O)[O-])cc2)c1=O. The number of benzene rings is 1. The summed E-state index contributed by atoms with van der Waals surface area (Å²) in [5.74, 6) is -1.88. The number of H-pyrrole nitrogens is 1. The number of carboxylic acids is 1. The second-order valence-electron chi connectivity index (χ2n) is 4.50. The minimum atomic E-state index is -1.39. The first-order valence-corrected chi connectivity index (χ1v) is 6.16. The zero-order valence-corrected chi connectivity index (χ0v) is 11.6. The van der Waals surface area contributed by atoms with E-state index in [2.05, 4.69) is 16.6 Å². The van der Waals surface area contributed by atoms with Crippen LogP contribution in [0.4, 0.5) is 5.69 Å². The highest BCUT2D eigenvalue weighted by molar-refractivity contribution is 5.87. The van der Waals surface area contributed by atoms with Crippen molar-refractivity contribution in [3.63, 3.8) is 0 Å². The van der Waals surface area contributed by atoms with Gasteiger partial charge in [0.25, 0.3) is 17.1 Å². The Labute approximate surface area is 127 Å². The molecule has 0 spiro atoms. The van der Waals surface area contributed by atoms with Crippen LogP contribution in [0, 0.1) is 10.1 Å². The van der Waals surface area contributed by atoms with E-state index in [0.717, 1.165) is 0 Å². The van der Waals surface area contributed by atoms with Gasteiger partial charge in [0.05, 0.1) is 10.5 Å². The van der Waals surface area contributed by atoms with E-state index in [1.165, 1.54) is 24.3 Å². The van der Waals surface area contributed by atoms with Gasteiger partial charge in [-0.3, -0.25) is 20.0 Å². The smallest absolute Gasteiger partial charge is 0.354 e. The molecule has 0 fully saturated rings. The average Bonchev–Trinajstić information content (AvgIpc) is 2.84. The zero-order chi connectivity index (χ0) is 17.1.